The Morgan fingerprint density at radius 2 is 1.65 bits per heavy atom. The van der Waals surface area contributed by atoms with Crippen molar-refractivity contribution in [2.24, 2.45) is 11.5 Å². The van der Waals surface area contributed by atoms with Crippen LogP contribution in [0.2, 0.25) is 0 Å². The first-order valence-corrected chi connectivity index (χ1v) is 14.5. The number of benzene rings is 2. The molecule has 1 fully saturated rings. The lowest BCUT2D eigenvalue weighted by atomic mass is 10.00. The second-order valence-electron chi connectivity index (χ2n) is 10.7. The summed E-state index contributed by atoms with van der Waals surface area (Å²) in [5.74, 6) is -4.75. The van der Waals surface area contributed by atoms with Crippen LogP contribution in [0.15, 0.2) is 54.6 Å². The van der Waals surface area contributed by atoms with E-state index < -0.39 is 71.0 Å². The maximum absolute atomic E-state index is 13.3. The summed E-state index contributed by atoms with van der Waals surface area (Å²) in [6, 6.07) is 10.4. The van der Waals surface area contributed by atoms with E-state index in [1.54, 1.807) is 56.3 Å². The number of rotatable bonds is 8. The van der Waals surface area contributed by atoms with Gasteiger partial charge in [-0.2, -0.15) is 11.8 Å². The van der Waals surface area contributed by atoms with Crippen LogP contribution in [0.3, 0.4) is 0 Å². The molecule has 2 aromatic rings. The standard InChI is InChI=1S/C29H36N6O7S/c1-29(2)23(35-25(38)19(30)12-17-8-10-18(11-9-17)24(31)37)27(40)32-14-22(36)33-20(13-16-6-4-3-5-7-16)26(39)34-21(15-43-29)28(41)42/h3-11,19-21,23H,12-15,30H2,1-2H3,(H2,31,37)(H,32,40)(H,33,36)(H,34,39)(H,35,38)(H,41,42)/t19?,20-,21?,23-/m0/s1. The number of carbonyl (C=O) groups excluding carboxylic acids is 5. The van der Waals surface area contributed by atoms with E-state index >= 15 is 0 Å². The van der Waals surface area contributed by atoms with Gasteiger partial charge in [-0.25, -0.2) is 4.79 Å². The Kier molecular flexibility index (Phi) is 11.3. The molecule has 4 atom stereocenters. The van der Waals surface area contributed by atoms with Gasteiger partial charge in [-0.3, -0.25) is 24.0 Å². The van der Waals surface area contributed by atoms with Crippen LogP contribution in [0.5, 0.6) is 0 Å². The van der Waals surface area contributed by atoms with Gasteiger partial charge in [0.05, 0.1) is 12.6 Å². The highest BCUT2D eigenvalue weighted by atomic mass is 32.2. The maximum atomic E-state index is 13.3. The number of carboxylic acid groups (broad SMARTS) is 1. The zero-order chi connectivity index (χ0) is 31.7. The average molecular weight is 613 g/mol. The summed E-state index contributed by atoms with van der Waals surface area (Å²) in [5, 5.41) is 20.0. The molecule has 0 bridgehead atoms. The highest BCUT2D eigenvalue weighted by molar-refractivity contribution is 8.00. The van der Waals surface area contributed by atoms with Gasteiger partial charge in [0, 0.05) is 22.5 Å². The third-order valence-electron chi connectivity index (χ3n) is 6.87. The second kappa shape index (κ2) is 14.6. The van der Waals surface area contributed by atoms with E-state index in [4.69, 9.17) is 11.5 Å². The molecule has 1 aliphatic rings. The van der Waals surface area contributed by atoms with Crippen LogP contribution < -0.4 is 32.7 Å². The van der Waals surface area contributed by atoms with E-state index in [1.807, 2.05) is 0 Å². The zero-order valence-corrected chi connectivity index (χ0v) is 24.6. The minimum atomic E-state index is -1.35. The summed E-state index contributed by atoms with van der Waals surface area (Å²) >= 11 is 1.06. The fourth-order valence-electron chi connectivity index (χ4n) is 4.36. The number of amides is 5. The Bertz CT molecular complexity index is 1350. The number of hydrogen-bond donors (Lipinski definition) is 7. The Morgan fingerprint density at radius 3 is 2.26 bits per heavy atom. The van der Waals surface area contributed by atoms with E-state index in [0.29, 0.717) is 11.1 Å². The van der Waals surface area contributed by atoms with Crippen LogP contribution in [-0.4, -0.2) is 81.8 Å². The Hall–Kier alpha value is -4.43. The molecular formula is C29H36N6O7S. The monoisotopic (exact) mass is 612 g/mol. The largest absolute Gasteiger partial charge is 0.480 e. The predicted octanol–water partition coefficient (Wildman–Crippen LogP) is -0.921. The van der Waals surface area contributed by atoms with Crippen LogP contribution in [0, 0.1) is 0 Å². The number of hydrogen-bond acceptors (Lipinski definition) is 8. The highest BCUT2D eigenvalue weighted by Gasteiger charge is 2.40. The van der Waals surface area contributed by atoms with Gasteiger partial charge in [-0.05, 0) is 43.5 Å². The molecule has 0 aliphatic carbocycles. The maximum Gasteiger partial charge on any atom is 0.327 e. The molecule has 9 N–H and O–H groups in total. The van der Waals surface area contributed by atoms with Gasteiger partial charge in [0.25, 0.3) is 0 Å². The number of carbonyl (C=O) groups is 6. The molecular weight excluding hydrogens is 576 g/mol. The van der Waals surface area contributed by atoms with Crippen LogP contribution >= 0.6 is 11.8 Å². The first kappa shape index (κ1) is 33.1. The van der Waals surface area contributed by atoms with E-state index in [1.165, 1.54) is 12.1 Å². The summed E-state index contributed by atoms with van der Waals surface area (Å²) in [5.41, 5.74) is 13.1. The van der Waals surface area contributed by atoms with Gasteiger partial charge >= 0.3 is 5.97 Å². The predicted molar refractivity (Wildman–Crippen MR) is 160 cm³/mol. The molecule has 0 aromatic heterocycles. The number of primary amides is 1. The van der Waals surface area contributed by atoms with Gasteiger partial charge in [0.1, 0.15) is 18.1 Å². The van der Waals surface area contributed by atoms with Gasteiger partial charge in [-0.15, -0.1) is 0 Å². The quantitative estimate of drug-likeness (QED) is 0.195. The fourth-order valence-corrected chi connectivity index (χ4v) is 5.51. The topological polar surface area (TPSA) is 223 Å². The van der Waals surface area contributed by atoms with Crippen molar-refractivity contribution in [1.29, 1.82) is 0 Å². The van der Waals surface area contributed by atoms with E-state index in [9.17, 15) is 33.9 Å². The van der Waals surface area contributed by atoms with Crippen molar-refractivity contribution in [2.75, 3.05) is 12.3 Å². The molecule has 2 unspecified atom stereocenters. The highest BCUT2D eigenvalue weighted by Crippen LogP contribution is 2.29. The summed E-state index contributed by atoms with van der Waals surface area (Å²) in [6.07, 6.45) is 0.185. The number of nitrogens with one attached hydrogen (secondary N) is 4. The second-order valence-corrected chi connectivity index (χ2v) is 12.3. The summed E-state index contributed by atoms with van der Waals surface area (Å²) in [6.45, 7) is 2.77. The summed E-state index contributed by atoms with van der Waals surface area (Å²) in [4.78, 5) is 75.8. The summed E-state index contributed by atoms with van der Waals surface area (Å²) in [7, 11) is 0. The van der Waals surface area contributed by atoms with Crippen molar-refractivity contribution in [3.63, 3.8) is 0 Å². The van der Waals surface area contributed by atoms with Crippen molar-refractivity contribution < 1.29 is 33.9 Å². The smallest absolute Gasteiger partial charge is 0.327 e. The molecule has 5 amide bonds. The lowest BCUT2D eigenvalue weighted by molar-refractivity contribution is -0.141. The number of nitrogens with two attached hydrogens (primary N) is 2. The minimum absolute atomic E-state index is 0.0884. The third kappa shape index (κ3) is 9.54. The average Bonchev–Trinajstić information content (AvgIpc) is 2.96. The van der Waals surface area contributed by atoms with Gasteiger partial charge in [0.2, 0.25) is 29.5 Å². The van der Waals surface area contributed by atoms with Crippen molar-refractivity contribution in [3.8, 4) is 0 Å². The van der Waals surface area contributed by atoms with Crippen molar-refractivity contribution in [2.45, 2.75) is 55.6 Å². The van der Waals surface area contributed by atoms with Gasteiger partial charge in [0.15, 0.2) is 0 Å². The van der Waals surface area contributed by atoms with Crippen LogP contribution in [-0.2, 0) is 36.8 Å². The number of carboxylic acids is 1. The molecule has 3 rings (SSSR count). The minimum Gasteiger partial charge on any atom is -0.480 e. The lowest BCUT2D eigenvalue weighted by Gasteiger charge is -2.34. The number of thioether (sulfide) groups is 1. The Labute approximate surface area is 252 Å². The van der Waals surface area contributed by atoms with Crippen molar-refractivity contribution in [1.82, 2.24) is 21.3 Å². The molecule has 0 radical (unpaired) electrons. The first-order valence-electron chi connectivity index (χ1n) is 13.5. The Balaban J connectivity index is 1.80. The van der Waals surface area contributed by atoms with Crippen LogP contribution in [0.4, 0.5) is 0 Å². The Morgan fingerprint density at radius 1 is 1.00 bits per heavy atom. The van der Waals surface area contributed by atoms with Gasteiger partial charge < -0.3 is 37.8 Å². The lowest BCUT2D eigenvalue weighted by Crippen LogP contribution is -2.60. The number of aliphatic carboxylic acids is 1. The van der Waals surface area contributed by atoms with Crippen LogP contribution in [0.25, 0.3) is 0 Å². The zero-order valence-electron chi connectivity index (χ0n) is 23.8. The molecule has 43 heavy (non-hydrogen) atoms. The fraction of sp³-hybridized carbons (Fsp3) is 0.379. The van der Waals surface area contributed by atoms with E-state index in [-0.39, 0.29) is 18.6 Å². The van der Waals surface area contributed by atoms with Crippen molar-refractivity contribution >= 4 is 47.3 Å². The molecule has 1 heterocycles. The molecule has 230 valence electrons. The summed E-state index contributed by atoms with van der Waals surface area (Å²) < 4.78 is -1.10. The van der Waals surface area contributed by atoms with E-state index in [0.717, 1.165) is 17.3 Å². The molecule has 13 nitrogen and oxygen atoms in total. The third-order valence-corrected chi connectivity index (χ3v) is 8.35. The molecule has 0 saturated carbocycles. The molecule has 14 heteroatoms. The molecule has 0 spiro atoms. The van der Waals surface area contributed by atoms with Crippen LogP contribution in [0.1, 0.15) is 35.3 Å². The molecule has 2 aromatic carbocycles. The normalized spacial score (nSPS) is 21.8. The molecule has 1 saturated heterocycles. The van der Waals surface area contributed by atoms with E-state index in [2.05, 4.69) is 21.3 Å². The van der Waals surface area contributed by atoms with Gasteiger partial charge in [-0.1, -0.05) is 42.5 Å². The van der Waals surface area contributed by atoms with Crippen molar-refractivity contribution in [3.05, 3.63) is 71.3 Å². The first-order chi connectivity index (χ1) is 20.3. The SMILES string of the molecule is CC1(C)SCC(C(=O)O)NC(=O)[C@H](Cc2ccccc2)NC(=O)CNC(=O)[C@@H]1NC(=O)C(N)Cc1ccc(C(N)=O)cc1. The molecule has 1 aliphatic heterocycles.